The minimum absolute atomic E-state index is 0.130. The van der Waals surface area contributed by atoms with Gasteiger partial charge in [-0.2, -0.15) is 0 Å². The molecule has 0 aliphatic heterocycles. The second kappa shape index (κ2) is 4.56. The molecule has 0 spiro atoms. The molecule has 2 rings (SSSR count). The molecule has 0 radical (unpaired) electrons. The van der Waals surface area contributed by atoms with E-state index in [2.05, 4.69) is 0 Å². The second-order valence-corrected chi connectivity index (χ2v) is 4.72. The first-order chi connectivity index (χ1) is 7.58. The molecule has 1 aliphatic carbocycles. The number of hydrogen-bond acceptors (Lipinski definition) is 2. The van der Waals surface area contributed by atoms with Crippen LogP contribution in [0.5, 0.6) is 0 Å². The summed E-state index contributed by atoms with van der Waals surface area (Å²) in [7, 11) is 0. The number of rotatable bonds is 2. The van der Waals surface area contributed by atoms with Gasteiger partial charge < -0.3 is 0 Å². The summed E-state index contributed by atoms with van der Waals surface area (Å²) in [6, 6.07) is 5.38. The van der Waals surface area contributed by atoms with E-state index in [-0.39, 0.29) is 11.2 Å². The average Bonchev–Trinajstić information content (AvgIpc) is 2.27. The lowest BCUT2D eigenvalue weighted by Crippen LogP contribution is -2.19. The second-order valence-electron chi connectivity index (χ2n) is 4.00. The number of hydrogen-bond donors (Lipinski definition) is 0. The fourth-order valence-corrected chi connectivity index (χ4v) is 2.38. The van der Waals surface area contributed by atoms with Gasteiger partial charge in [0.15, 0.2) is 0 Å². The first-order valence-electron chi connectivity index (χ1n) is 5.09. The average molecular weight is 257 g/mol. The molecule has 16 heavy (non-hydrogen) atoms. The molecule has 0 aromatic heterocycles. The van der Waals surface area contributed by atoms with Crippen LogP contribution in [0.1, 0.15) is 27.9 Å². The van der Waals surface area contributed by atoms with Crippen LogP contribution in [0, 0.1) is 5.92 Å². The van der Waals surface area contributed by atoms with Crippen molar-refractivity contribution in [3.05, 3.63) is 34.9 Å². The molecule has 0 N–H and O–H groups in total. The first kappa shape index (κ1) is 11.6. The van der Waals surface area contributed by atoms with Crippen molar-refractivity contribution in [1.82, 2.24) is 0 Å². The van der Waals surface area contributed by atoms with Gasteiger partial charge in [-0.05, 0) is 65.7 Å². The zero-order valence-corrected chi connectivity index (χ0v) is 10.0. The molecule has 84 valence electrons. The highest BCUT2D eigenvalue weighted by atomic mass is 35.5. The number of fused-ring (bicyclic) bond motifs is 1. The van der Waals surface area contributed by atoms with Gasteiger partial charge in [0.25, 0.3) is 5.24 Å². The molecule has 0 bridgehead atoms. The monoisotopic (exact) mass is 256 g/mol. The van der Waals surface area contributed by atoms with Crippen LogP contribution in [0.25, 0.3) is 0 Å². The summed E-state index contributed by atoms with van der Waals surface area (Å²) in [5.74, 6) is -0.130. The standard InChI is InChI=1S/C12H10Cl2O2/c13-11(15)8-3-1-7-2-4-9(12(14)16)6-10(7)5-8/h1,3,5,9H,2,4,6H2. The molecular formula is C12H10Cl2O2. The SMILES string of the molecule is O=C(Cl)c1ccc2c(c1)CC(C(=O)Cl)CC2. The molecule has 1 unspecified atom stereocenters. The fraction of sp³-hybridized carbons (Fsp3) is 0.333. The zero-order chi connectivity index (χ0) is 11.7. The first-order valence-corrected chi connectivity index (χ1v) is 5.84. The molecule has 4 heteroatoms. The molecule has 2 nitrogen and oxygen atoms in total. The Labute approximate surface area is 104 Å². The van der Waals surface area contributed by atoms with Gasteiger partial charge >= 0.3 is 0 Å². The highest BCUT2D eigenvalue weighted by Crippen LogP contribution is 2.28. The Hall–Kier alpha value is -0.860. The normalized spacial score (nSPS) is 19.0. The molecule has 1 aromatic carbocycles. The van der Waals surface area contributed by atoms with Gasteiger partial charge in [-0.3, -0.25) is 9.59 Å². The van der Waals surface area contributed by atoms with Gasteiger partial charge in [-0.15, -0.1) is 0 Å². The number of benzene rings is 1. The van der Waals surface area contributed by atoms with Crippen molar-refractivity contribution in [3.63, 3.8) is 0 Å². The number of aryl methyl sites for hydroxylation is 1. The van der Waals surface area contributed by atoms with Crippen LogP contribution in [0.15, 0.2) is 18.2 Å². The largest absolute Gasteiger partial charge is 0.281 e. The lowest BCUT2D eigenvalue weighted by molar-refractivity contribution is -0.115. The van der Waals surface area contributed by atoms with Crippen molar-refractivity contribution in [1.29, 1.82) is 0 Å². The van der Waals surface area contributed by atoms with Crippen molar-refractivity contribution >= 4 is 33.7 Å². The smallest absolute Gasteiger partial charge is 0.252 e. The topological polar surface area (TPSA) is 34.1 Å². The van der Waals surface area contributed by atoms with E-state index in [1.165, 1.54) is 5.56 Å². The number of carbonyl (C=O) groups is 2. The molecule has 1 aliphatic rings. The maximum atomic E-state index is 11.1. The molecule has 0 fully saturated rings. The highest BCUT2D eigenvalue weighted by molar-refractivity contribution is 6.67. The van der Waals surface area contributed by atoms with E-state index in [0.29, 0.717) is 12.0 Å². The van der Waals surface area contributed by atoms with Gasteiger partial charge in [-0.1, -0.05) is 6.07 Å². The van der Waals surface area contributed by atoms with Gasteiger partial charge in [0.1, 0.15) is 0 Å². The Kier molecular flexibility index (Phi) is 3.31. The predicted molar refractivity (Wildman–Crippen MR) is 63.0 cm³/mol. The molecule has 0 amide bonds. The van der Waals surface area contributed by atoms with E-state index in [4.69, 9.17) is 23.2 Å². The highest BCUT2D eigenvalue weighted by Gasteiger charge is 2.23. The Balaban J connectivity index is 2.32. The quantitative estimate of drug-likeness (QED) is 0.763. The van der Waals surface area contributed by atoms with E-state index >= 15 is 0 Å². The Bertz CT molecular complexity index is 454. The molecule has 1 atom stereocenters. The maximum Gasteiger partial charge on any atom is 0.252 e. The summed E-state index contributed by atoms with van der Waals surface area (Å²) in [4.78, 5) is 22.1. The molecule has 0 heterocycles. The van der Waals surface area contributed by atoms with Crippen molar-refractivity contribution in [2.45, 2.75) is 19.3 Å². The van der Waals surface area contributed by atoms with Crippen LogP contribution in [0.2, 0.25) is 0 Å². The van der Waals surface area contributed by atoms with Crippen LogP contribution in [0.4, 0.5) is 0 Å². The summed E-state index contributed by atoms with van der Waals surface area (Å²) in [6.45, 7) is 0. The molecular weight excluding hydrogens is 247 g/mol. The van der Waals surface area contributed by atoms with Crippen LogP contribution < -0.4 is 0 Å². The van der Waals surface area contributed by atoms with Crippen LogP contribution in [0.3, 0.4) is 0 Å². The maximum absolute atomic E-state index is 11.1. The summed E-state index contributed by atoms with van der Waals surface area (Å²) in [6.07, 6.45) is 2.22. The zero-order valence-electron chi connectivity index (χ0n) is 8.50. The predicted octanol–water partition coefficient (Wildman–Crippen LogP) is 2.94. The summed E-state index contributed by atoms with van der Waals surface area (Å²) in [5, 5.41) is -0.768. The third-order valence-corrected chi connectivity index (χ3v) is 3.51. The van der Waals surface area contributed by atoms with Crippen LogP contribution in [-0.2, 0) is 17.6 Å². The minimum atomic E-state index is -0.470. The Morgan fingerprint density at radius 3 is 2.56 bits per heavy atom. The summed E-state index contributed by atoms with van der Waals surface area (Å²) in [5.41, 5.74) is 2.66. The number of carbonyl (C=O) groups excluding carboxylic acids is 2. The summed E-state index contributed by atoms with van der Waals surface area (Å²) < 4.78 is 0. The van der Waals surface area contributed by atoms with Gasteiger partial charge in [-0.25, -0.2) is 0 Å². The van der Waals surface area contributed by atoms with Crippen molar-refractivity contribution in [2.24, 2.45) is 5.92 Å². The van der Waals surface area contributed by atoms with Gasteiger partial charge in [0, 0.05) is 11.5 Å². The van der Waals surface area contributed by atoms with Crippen LogP contribution in [-0.4, -0.2) is 10.5 Å². The van der Waals surface area contributed by atoms with Gasteiger partial charge in [0.2, 0.25) is 5.24 Å². The third kappa shape index (κ3) is 2.28. The van der Waals surface area contributed by atoms with E-state index in [0.717, 1.165) is 18.4 Å². The summed E-state index contributed by atoms with van der Waals surface area (Å²) >= 11 is 10.9. The Morgan fingerprint density at radius 2 is 1.94 bits per heavy atom. The fourth-order valence-electron chi connectivity index (χ4n) is 2.07. The van der Waals surface area contributed by atoms with E-state index in [9.17, 15) is 9.59 Å². The van der Waals surface area contributed by atoms with Crippen molar-refractivity contribution in [3.8, 4) is 0 Å². The molecule has 0 saturated carbocycles. The van der Waals surface area contributed by atoms with Crippen molar-refractivity contribution in [2.75, 3.05) is 0 Å². The van der Waals surface area contributed by atoms with Gasteiger partial charge in [0.05, 0.1) is 0 Å². The Morgan fingerprint density at radius 1 is 1.19 bits per heavy atom. The van der Waals surface area contributed by atoms with E-state index < -0.39 is 5.24 Å². The minimum Gasteiger partial charge on any atom is -0.281 e. The molecule has 0 saturated heterocycles. The van der Waals surface area contributed by atoms with E-state index in [1.807, 2.05) is 6.07 Å². The lowest BCUT2D eigenvalue weighted by atomic mass is 9.84. The number of halogens is 2. The molecule has 1 aromatic rings. The van der Waals surface area contributed by atoms with Crippen LogP contribution >= 0.6 is 23.2 Å². The van der Waals surface area contributed by atoms with Crippen molar-refractivity contribution < 1.29 is 9.59 Å². The lowest BCUT2D eigenvalue weighted by Gasteiger charge is -2.21. The third-order valence-electron chi connectivity index (χ3n) is 2.98. The van der Waals surface area contributed by atoms with E-state index in [1.54, 1.807) is 12.1 Å².